The molecule has 98 valence electrons. The smallest absolute Gasteiger partial charge is 0.366 e. The third-order valence-electron chi connectivity index (χ3n) is 2.51. The van der Waals surface area contributed by atoms with E-state index in [2.05, 4.69) is 5.92 Å². The van der Waals surface area contributed by atoms with Crippen LogP contribution < -0.4 is 0 Å². The largest absolute Gasteiger partial charge is 0.433 e. The molecule has 1 unspecified atom stereocenters. The Balaban J connectivity index is 2.48. The fraction of sp³-hybridized carbons (Fsp3) is 0.143. The molecule has 0 aliphatic rings. The molecule has 1 heterocycles. The Kier molecular flexibility index (Phi) is 3.65. The highest BCUT2D eigenvalue weighted by atomic mass is 32.1. The lowest BCUT2D eigenvalue weighted by atomic mass is 9.93. The first-order valence-electron chi connectivity index (χ1n) is 5.33. The Labute approximate surface area is 112 Å². The third-order valence-corrected chi connectivity index (χ3v) is 3.19. The van der Waals surface area contributed by atoms with Crippen LogP contribution in [-0.2, 0) is 5.60 Å². The van der Waals surface area contributed by atoms with Crippen molar-refractivity contribution in [2.45, 2.75) is 11.8 Å². The Morgan fingerprint density at radius 2 is 1.74 bits per heavy atom. The van der Waals surface area contributed by atoms with Gasteiger partial charge in [0.05, 0.1) is 0 Å². The fourth-order valence-electron chi connectivity index (χ4n) is 1.48. The standard InChI is InChI=1S/C14H9F3OS/c15-14(16,17)13(18,12-4-2-1-3-5-12)8-6-11-7-9-19-10-11/h1-5,7,9-10,18H. The van der Waals surface area contributed by atoms with Crippen LogP contribution in [0.2, 0.25) is 0 Å². The summed E-state index contributed by atoms with van der Waals surface area (Å²) in [5.74, 6) is 4.30. The van der Waals surface area contributed by atoms with Gasteiger partial charge in [0.1, 0.15) is 0 Å². The van der Waals surface area contributed by atoms with Gasteiger partial charge in [-0.2, -0.15) is 24.5 Å². The van der Waals surface area contributed by atoms with E-state index < -0.39 is 11.8 Å². The van der Waals surface area contributed by atoms with E-state index in [0.717, 1.165) is 0 Å². The highest BCUT2D eigenvalue weighted by Crippen LogP contribution is 2.38. The number of halogens is 3. The molecule has 0 fully saturated rings. The van der Waals surface area contributed by atoms with Crippen molar-refractivity contribution in [3.63, 3.8) is 0 Å². The van der Waals surface area contributed by atoms with E-state index in [4.69, 9.17) is 0 Å². The molecular weight excluding hydrogens is 273 g/mol. The number of benzene rings is 1. The lowest BCUT2D eigenvalue weighted by Crippen LogP contribution is -2.41. The van der Waals surface area contributed by atoms with E-state index in [0.29, 0.717) is 5.56 Å². The van der Waals surface area contributed by atoms with Crippen molar-refractivity contribution in [2.75, 3.05) is 0 Å². The monoisotopic (exact) mass is 282 g/mol. The molecule has 0 aliphatic heterocycles. The summed E-state index contributed by atoms with van der Waals surface area (Å²) in [6, 6.07) is 8.44. The average Bonchev–Trinajstić information content (AvgIpc) is 2.89. The number of rotatable bonds is 1. The summed E-state index contributed by atoms with van der Waals surface area (Å²) in [6.45, 7) is 0. The van der Waals surface area contributed by atoms with Crippen molar-refractivity contribution in [1.29, 1.82) is 0 Å². The molecule has 1 N–H and O–H groups in total. The van der Waals surface area contributed by atoms with Crippen LogP contribution in [0.5, 0.6) is 0 Å². The molecule has 0 bridgehead atoms. The minimum Gasteiger partial charge on any atom is -0.366 e. The predicted molar refractivity (Wildman–Crippen MR) is 67.6 cm³/mol. The number of hydrogen-bond donors (Lipinski definition) is 1. The zero-order chi connectivity index (χ0) is 13.9. The van der Waals surface area contributed by atoms with Gasteiger partial charge in [-0.25, -0.2) is 0 Å². The van der Waals surface area contributed by atoms with E-state index in [-0.39, 0.29) is 5.56 Å². The molecule has 2 rings (SSSR count). The highest BCUT2D eigenvalue weighted by molar-refractivity contribution is 7.08. The second kappa shape index (κ2) is 5.08. The molecule has 0 saturated heterocycles. The topological polar surface area (TPSA) is 20.2 Å². The number of alkyl halides is 3. The summed E-state index contributed by atoms with van der Waals surface area (Å²) in [7, 11) is 0. The molecule has 0 spiro atoms. The van der Waals surface area contributed by atoms with Crippen LogP contribution in [0.4, 0.5) is 13.2 Å². The quantitative estimate of drug-likeness (QED) is 0.793. The minimum atomic E-state index is -4.86. The zero-order valence-corrected chi connectivity index (χ0v) is 10.4. The maximum absolute atomic E-state index is 13.1. The van der Waals surface area contributed by atoms with Gasteiger partial charge >= 0.3 is 6.18 Å². The summed E-state index contributed by atoms with van der Waals surface area (Å²) in [5.41, 5.74) is -3.00. The third kappa shape index (κ3) is 2.80. The van der Waals surface area contributed by atoms with Crippen molar-refractivity contribution in [1.82, 2.24) is 0 Å². The van der Waals surface area contributed by atoms with Crippen LogP contribution in [0.25, 0.3) is 0 Å². The first kappa shape index (κ1) is 13.7. The van der Waals surface area contributed by atoms with E-state index in [1.807, 2.05) is 5.92 Å². The zero-order valence-electron chi connectivity index (χ0n) is 9.61. The van der Waals surface area contributed by atoms with Crippen molar-refractivity contribution >= 4 is 11.3 Å². The number of hydrogen-bond acceptors (Lipinski definition) is 2. The second-order valence-corrected chi connectivity index (χ2v) is 4.62. The lowest BCUT2D eigenvalue weighted by Gasteiger charge is -2.25. The van der Waals surface area contributed by atoms with Crippen LogP contribution in [-0.4, -0.2) is 11.3 Å². The molecule has 1 nitrogen and oxygen atoms in total. The Bertz CT molecular complexity index is 593. The van der Waals surface area contributed by atoms with Gasteiger partial charge in [-0.15, -0.1) is 0 Å². The molecule has 1 atom stereocenters. The van der Waals surface area contributed by atoms with Gasteiger partial charge in [0.2, 0.25) is 5.60 Å². The fourth-order valence-corrected chi connectivity index (χ4v) is 2.07. The van der Waals surface area contributed by atoms with Gasteiger partial charge in [0, 0.05) is 16.5 Å². The van der Waals surface area contributed by atoms with Gasteiger partial charge in [-0.05, 0) is 17.4 Å². The summed E-state index contributed by atoms with van der Waals surface area (Å²) >= 11 is 1.33. The van der Waals surface area contributed by atoms with Crippen LogP contribution in [0.1, 0.15) is 11.1 Å². The van der Waals surface area contributed by atoms with E-state index >= 15 is 0 Å². The molecule has 0 radical (unpaired) electrons. The Morgan fingerprint density at radius 1 is 1.05 bits per heavy atom. The highest BCUT2D eigenvalue weighted by Gasteiger charge is 2.54. The van der Waals surface area contributed by atoms with Crippen LogP contribution >= 0.6 is 11.3 Å². The first-order valence-corrected chi connectivity index (χ1v) is 6.28. The Morgan fingerprint density at radius 3 is 2.26 bits per heavy atom. The summed E-state index contributed by atoms with van der Waals surface area (Å²) in [5, 5.41) is 13.3. The maximum Gasteiger partial charge on any atom is 0.433 e. The normalized spacial score (nSPS) is 14.3. The van der Waals surface area contributed by atoms with Gasteiger partial charge in [0.15, 0.2) is 0 Å². The van der Waals surface area contributed by atoms with Gasteiger partial charge in [0.25, 0.3) is 0 Å². The molecular formula is C14H9F3OS. The summed E-state index contributed by atoms with van der Waals surface area (Å²) < 4.78 is 39.2. The maximum atomic E-state index is 13.1. The minimum absolute atomic E-state index is 0.287. The van der Waals surface area contributed by atoms with Crippen LogP contribution in [0.3, 0.4) is 0 Å². The van der Waals surface area contributed by atoms with Crippen LogP contribution in [0, 0.1) is 11.8 Å². The van der Waals surface area contributed by atoms with Gasteiger partial charge in [-0.3, -0.25) is 0 Å². The Hall–Kier alpha value is -1.77. The molecule has 2 aromatic rings. The average molecular weight is 282 g/mol. The molecule has 0 amide bonds. The molecule has 5 heteroatoms. The molecule has 19 heavy (non-hydrogen) atoms. The summed E-state index contributed by atoms with van der Waals surface area (Å²) in [4.78, 5) is 0. The lowest BCUT2D eigenvalue weighted by molar-refractivity contribution is -0.240. The van der Waals surface area contributed by atoms with Gasteiger partial charge < -0.3 is 5.11 Å². The predicted octanol–water partition coefficient (Wildman–Crippen LogP) is 3.55. The molecule has 0 aliphatic carbocycles. The number of thiophene rings is 1. The van der Waals surface area contributed by atoms with Crippen molar-refractivity contribution in [3.05, 3.63) is 58.3 Å². The second-order valence-electron chi connectivity index (χ2n) is 3.84. The van der Waals surface area contributed by atoms with Crippen molar-refractivity contribution in [2.24, 2.45) is 0 Å². The van der Waals surface area contributed by atoms with E-state index in [9.17, 15) is 18.3 Å². The molecule has 1 aromatic heterocycles. The molecule has 1 aromatic carbocycles. The van der Waals surface area contributed by atoms with E-state index in [1.165, 1.54) is 35.6 Å². The first-order chi connectivity index (χ1) is 8.93. The SMILES string of the molecule is OC(C#Cc1ccsc1)(c1ccccc1)C(F)(F)F. The van der Waals surface area contributed by atoms with E-state index in [1.54, 1.807) is 22.9 Å². The van der Waals surface area contributed by atoms with Crippen molar-refractivity contribution < 1.29 is 18.3 Å². The molecule has 0 saturated carbocycles. The van der Waals surface area contributed by atoms with Crippen molar-refractivity contribution in [3.8, 4) is 11.8 Å². The number of aliphatic hydroxyl groups is 1. The van der Waals surface area contributed by atoms with Gasteiger partial charge in [-0.1, -0.05) is 36.3 Å². The summed E-state index contributed by atoms with van der Waals surface area (Å²) in [6.07, 6.45) is -4.86. The van der Waals surface area contributed by atoms with Crippen LogP contribution in [0.15, 0.2) is 47.2 Å².